The van der Waals surface area contributed by atoms with Crippen LogP contribution in [0.5, 0.6) is 5.75 Å². The first-order valence-corrected chi connectivity index (χ1v) is 15.2. The van der Waals surface area contributed by atoms with Crippen LogP contribution >= 0.6 is 23.2 Å². The van der Waals surface area contributed by atoms with Crippen molar-refractivity contribution in [2.24, 2.45) is 0 Å². The van der Waals surface area contributed by atoms with Crippen molar-refractivity contribution in [3.8, 4) is 28.1 Å². The van der Waals surface area contributed by atoms with Gasteiger partial charge in [0.1, 0.15) is 17.2 Å². The standard InChI is InChI=1S/C36H33Cl2N3O5/c1-36(2,3)46-35(44)40-30-16-13-26(18-32(30)45-4)24-9-5-22(6-10-24)17-33-39-31(28-15-14-27(37)19-29(28)38)21-41(33)20-23-7-11-25(12-8-23)34(42)43/h5-16,18-19,21H,17,20H2,1-4H3,(H,40,44)(H,42,43). The highest BCUT2D eigenvalue weighted by atomic mass is 35.5. The molecule has 0 atom stereocenters. The summed E-state index contributed by atoms with van der Waals surface area (Å²) < 4.78 is 13.0. The Bertz CT molecular complexity index is 1880. The summed E-state index contributed by atoms with van der Waals surface area (Å²) in [6.07, 6.45) is 1.93. The minimum Gasteiger partial charge on any atom is -0.495 e. The summed E-state index contributed by atoms with van der Waals surface area (Å²) in [7, 11) is 1.55. The number of hydrogen-bond donors (Lipinski definition) is 2. The molecule has 0 saturated heterocycles. The number of imidazole rings is 1. The van der Waals surface area contributed by atoms with Crippen molar-refractivity contribution < 1.29 is 24.2 Å². The van der Waals surface area contributed by atoms with Crippen molar-refractivity contribution in [1.82, 2.24) is 9.55 Å². The number of rotatable bonds is 9. The molecule has 1 aromatic heterocycles. The summed E-state index contributed by atoms with van der Waals surface area (Å²) in [5.41, 5.74) is 5.48. The Hall–Kier alpha value is -4.79. The molecule has 1 heterocycles. The van der Waals surface area contributed by atoms with Gasteiger partial charge in [-0.3, -0.25) is 5.32 Å². The quantitative estimate of drug-likeness (QED) is 0.164. The second-order valence-corrected chi connectivity index (χ2v) is 12.6. The van der Waals surface area contributed by atoms with Crippen LogP contribution in [-0.2, 0) is 17.7 Å². The molecule has 0 bridgehead atoms. The number of anilines is 1. The first-order chi connectivity index (χ1) is 21.9. The zero-order chi connectivity index (χ0) is 33.0. The number of aromatic carboxylic acids is 1. The molecule has 0 spiro atoms. The Morgan fingerprint density at radius 2 is 1.57 bits per heavy atom. The van der Waals surface area contributed by atoms with E-state index in [-0.39, 0.29) is 5.56 Å². The number of amides is 1. The summed E-state index contributed by atoms with van der Waals surface area (Å²) >= 11 is 12.7. The minimum atomic E-state index is -0.968. The van der Waals surface area contributed by atoms with Crippen molar-refractivity contribution in [3.63, 3.8) is 0 Å². The van der Waals surface area contributed by atoms with E-state index in [1.807, 2.05) is 53.2 Å². The third-order valence-corrected chi connectivity index (χ3v) is 7.65. The number of carbonyl (C=O) groups is 2. The minimum absolute atomic E-state index is 0.231. The van der Waals surface area contributed by atoms with Gasteiger partial charge in [0.25, 0.3) is 0 Å². The Kier molecular flexibility index (Phi) is 9.70. The molecular weight excluding hydrogens is 625 g/mol. The molecule has 0 saturated carbocycles. The molecule has 1 amide bonds. The van der Waals surface area contributed by atoms with Gasteiger partial charge in [0.15, 0.2) is 0 Å². The second-order valence-electron chi connectivity index (χ2n) is 11.7. The first-order valence-electron chi connectivity index (χ1n) is 14.5. The fourth-order valence-corrected chi connectivity index (χ4v) is 5.40. The molecule has 46 heavy (non-hydrogen) atoms. The smallest absolute Gasteiger partial charge is 0.412 e. The lowest BCUT2D eigenvalue weighted by molar-refractivity contribution is 0.0633. The first kappa shape index (κ1) is 32.6. The van der Waals surface area contributed by atoms with Gasteiger partial charge in [0.05, 0.1) is 29.1 Å². The summed E-state index contributed by atoms with van der Waals surface area (Å²) in [5.74, 6) is 0.361. The summed E-state index contributed by atoms with van der Waals surface area (Å²) in [6, 6.07) is 25.8. The molecule has 0 fully saturated rings. The molecule has 0 aliphatic heterocycles. The van der Waals surface area contributed by atoms with Crippen LogP contribution in [0.25, 0.3) is 22.4 Å². The molecule has 5 rings (SSSR count). The molecule has 10 heteroatoms. The number of aromatic nitrogens is 2. The molecule has 0 aliphatic carbocycles. The maximum atomic E-state index is 12.3. The van der Waals surface area contributed by atoms with Crippen molar-refractivity contribution >= 4 is 41.0 Å². The number of carboxylic acid groups (broad SMARTS) is 1. The van der Waals surface area contributed by atoms with E-state index in [9.17, 15) is 14.7 Å². The molecule has 4 aromatic carbocycles. The van der Waals surface area contributed by atoms with Gasteiger partial charge < -0.3 is 19.1 Å². The predicted octanol–water partition coefficient (Wildman–Crippen LogP) is 9.22. The highest BCUT2D eigenvalue weighted by molar-refractivity contribution is 6.36. The highest BCUT2D eigenvalue weighted by Gasteiger charge is 2.18. The predicted molar refractivity (Wildman–Crippen MR) is 181 cm³/mol. The van der Waals surface area contributed by atoms with Gasteiger partial charge in [-0.25, -0.2) is 14.6 Å². The van der Waals surface area contributed by atoms with Crippen LogP contribution in [-0.4, -0.2) is 39.4 Å². The third-order valence-electron chi connectivity index (χ3n) is 7.11. The Morgan fingerprint density at radius 1 is 0.891 bits per heavy atom. The molecular formula is C36H33Cl2N3O5. The number of carbonyl (C=O) groups excluding carboxylic acids is 1. The van der Waals surface area contributed by atoms with Gasteiger partial charge in [0.2, 0.25) is 0 Å². The van der Waals surface area contributed by atoms with Crippen LogP contribution in [0, 0.1) is 0 Å². The maximum absolute atomic E-state index is 12.3. The molecule has 0 aliphatic rings. The fourth-order valence-electron chi connectivity index (χ4n) is 4.89. The van der Waals surface area contributed by atoms with Crippen LogP contribution in [0.3, 0.4) is 0 Å². The average molecular weight is 659 g/mol. The number of nitrogens with one attached hydrogen (secondary N) is 1. The lowest BCUT2D eigenvalue weighted by Gasteiger charge is -2.20. The molecule has 236 valence electrons. The SMILES string of the molecule is COc1cc(-c2ccc(Cc3nc(-c4ccc(Cl)cc4Cl)cn3Cc3ccc(C(=O)O)cc3)cc2)ccc1NC(=O)OC(C)(C)C. The topological polar surface area (TPSA) is 103 Å². The summed E-state index contributed by atoms with van der Waals surface area (Å²) in [4.78, 5) is 28.6. The number of halogens is 2. The van der Waals surface area contributed by atoms with Crippen LogP contribution < -0.4 is 10.1 Å². The lowest BCUT2D eigenvalue weighted by atomic mass is 10.0. The van der Waals surface area contributed by atoms with E-state index in [1.165, 1.54) is 0 Å². The van der Waals surface area contributed by atoms with Gasteiger partial charge in [-0.1, -0.05) is 65.7 Å². The van der Waals surface area contributed by atoms with Gasteiger partial charge in [-0.05, 0) is 85.5 Å². The van der Waals surface area contributed by atoms with E-state index < -0.39 is 17.7 Å². The van der Waals surface area contributed by atoms with Crippen LogP contribution in [0.1, 0.15) is 48.1 Å². The molecule has 0 radical (unpaired) electrons. The Balaban J connectivity index is 1.39. The zero-order valence-corrected chi connectivity index (χ0v) is 27.3. The summed E-state index contributed by atoms with van der Waals surface area (Å²) in [6.45, 7) is 5.91. The van der Waals surface area contributed by atoms with Crippen LogP contribution in [0.2, 0.25) is 10.0 Å². The second kappa shape index (κ2) is 13.7. The lowest BCUT2D eigenvalue weighted by Crippen LogP contribution is -2.27. The zero-order valence-electron chi connectivity index (χ0n) is 25.8. The largest absolute Gasteiger partial charge is 0.495 e. The molecule has 2 N–H and O–H groups in total. The van der Waals surface area contributed by atoms with E-state index >= 15 is 0 Å². The molecule has 8 nitrogen and oxygen atoms in total. The number of hydrogen-bond acceptors (Lipinski definition) is 5. The van der Waals surface area contributed by atoms with Crippen LogP contribution in [0.4, 0.5) is 10.5 Å². The highest BCUT2D eigenvalue weighted by Crippen LogP contribution is 2.33. The van der Waals surface area contributed by atoms with Gasteiger partial charge >= 0.3 is 12.1 Å². The van der Waals surface area contributed by atoms with Crippen molar-refractivity contribution in [1.29, 1.82) is 0 Å². The summed E-state index contributed by atoms with van der Waals surface area (Å²) in [5, 5.41) is 13.1. The van der Waals surface area contributed by atoms with Crippen molar-refractivity contribution in [2.45, 2.75) is 39.3 Å². The van der Waals surface area contributed by atoms with E-state index in [0.717, 1.165) is 33.6 Å². The van der Waals surface area contributed by atoms with Crippen LogP contribution in [0.15, 0.2) is 91.1 Å². The molecule has 0 unspecified atom stereocenters. The Labute approximate surface area is 277 Å². The van der Waals surface area contributed by atoms with Crippen molar-refractivity contribution in [2.75, 3.05) is 12.4 Å². The maximum Gasteiger partial charge on any atom is 0.412 e. The fraction of sp³-hybridized carbons (Fsp3) is 0.194. The van der Waals surface area contributed by atoms with E-state index in [0.29, 0.717) is 40.1 Å². The third kappa shape index (κ3) is 8.07. The normalized spacial score (nSPS) is 11.3. The Morgan fingerprint density at radius 3 is 2.20 bits per heavy atom. The number of carboxylic acids is 1. The monoisotopic (exact) mass is 657 g/mol. The molecule has 5 aromatic rings. The van der Waals surface area contributed by atoms with Gasteiger partial charge in [0, 0.05) is 29.7 Å². The van der Waals surface area contributed by atoms with E-state index in [1.54, 1.807) is 70.3 Å². The number of ether oxygens (including phenoxy) is 2. The van der Waals surface area contributed by atoms with Crippen molar-refractivity contribution in [3.05, 3.63) is 124 Å². The van der Waals surface area contributed by atoms with E-state index in [4.69, 9.17) is 37.7 Å². The number of nitrogens with zero attached hydrogens (tertiary/aromatic N) is 2. The van der Waals surface area contributed by atoms with E-state index in [2.05, 4.69) is 5.32 Å². The number of methoxy groups -OCH3 is 1. The van der Waals surface area contributed by atoms with Gasteiger partial charge in [-0.2, -0.15) is 0 Å². The van der Waals surface area contributed by atoms with Gasteiger partial charge in [-0.15, -0.1) is 0 Å². The average Bonchev–Trinajstić information content (AvgIpc) is 3.38. The number of benzene rings is 4.